The van der Waals surface area contributed by atoms with Gasteiger partial charge in [-0.1, -0.05) is 11.6 Å². The van der Waals surface area contributed by atoms with E-state index in [1.807, 2.05) is 19.1 Å². The van der Waals surface area contributed by atoms with Gasteiger partial charge in [-0.05, 0) is 61.9 Å². The number of rotatable bonds is 2. The Kier molecular flexibility index (Phi) is 9.23. The van der Waals surface area contributed by atoms with Crippen LogP contribution in [0.5, 0.6) is 0 Å². The van der Waals surface area contributed by atoms with Crippen molar-refractivity contribution >= 4 is 37.3 Å². The van der Waals surface area contributed by atoms with E-state index < -0.39 is 20.2 Å². The summed E-state index contributed by atoms with van der Waals surface area (Å²) in [6.07, 6.45) is 4.76. The number of hydrogen-bond acceptors (Lipinski definition) is 9. The number of hydrogen-bond donors (Lipinski definition) is 7. The van der Waals surface area contributed by atoms with Crippen molar-refractivity contribution < 1.29 is 25.9 Å². The Morgan fingerprint density at radius 2 is 1.38 bits per heavy atom. The third-order valence-corrected chi connectivity index (χ3v) is 5.86. The minimum Gasteiger partial charge on any atom is -0.399 e. The molecule has 0 aromatic heterocycles. The molecule has 11 nitrogen and oxygen atoms in total. The second-order valence-corrected chi connectivity index (χ2v) is 9.56. The molecule has 12 N–H and O–H groups in total. The molecule has 1 aliphatic carbocycles. The number of nitrogen functional groups attached to an aromatic ring is 3. The van der Waals surface area contributed by atoms with Crippen molar-refractivity contribution in [3.63, 3.8) is 0 Å². The molecule has 1 aliphatic rings. The van der Waals surface area contributed by atoms with Gasteiger partial charge in [-0.2, -0.15) is 16.8 Å². The molecule has 176 valence electrons. The zero-order valence-corrected chi connectivity index (χ0v) is 18.8. The van der Waals surface area contributed by atoms with Gasteiger partial charge in [-0.3, -0.25) is 9.11 Å². The van der Waals surface area contributed by atoms with Crippen LogP contribution in [0.15, 0.2) is 75.7 Å². The fourth-order valence-electron chi connectivity index (χ4n) is 2.29. The van der Waals surface area contributed by atoms with Crippen molar-refractivity contribution in [2.45, 2.75) is 29.2 Å². The van der Waals surface area contributed by atoms with Gasteiger partial charge < -0.3 is 28.7 Å². The van der Waals surface area contributed by atoms with E-state index >= 15 is 0 Å². The lowest BCUT2D eigenvalue weighted by Crippen LogP contribution is -2.23. The highest BCUT2D eigenvalue weighted by molar-refractivity contribution is 7.86. The van der Waals surface area contributed by atoms with Crippen molar-refractivity contribution in [2.24, 2.45) is 11.5 Å². The maximum absolute atomic E-state index is 10.6. The van der Waals surface area contributed by atoms with E-state index in [1.165, 1.54) is 42.0 Å². The van der Waals surface area contributed by atoms with Crippen molar-refractivity contribution in [3.8, 4) is 0 Å². The molecule has 2 aromatic carbocycles. The lowest BCUT2D eigenvalue weighted by molar-refractivity contribution is 0.481. The van der Waals surface area contributed by atoms with E-state index in [9.17, 15) is 16.8 Å². The van der Waals surface area contributed by atoms with Crippen LogP contribution in [-0.2, 0) is 20.2 Å². The SMILES string of the molecule is CC1=CC(N)=CCC1N.Nc1ccc(N)c(S(=O)(=O)O)c1.Nc1ccc(S(=O)(=O)O)cc1. The Morgan fingerprint density at radius 1 is 0.844 bits per heavy atom. The average molecular weight is 486 g/mol. The summed E-state index contributed by atoms with van der Waals surface area (Å²) >= 11 is 0. The Bertz CT molecular complexity index is 1210. The molecule has 2 aromatic rings. The highest BCUT2D eigenvalue weighted by Crippen LogP contribution is 2.20. The minimum atomic E-state index is -4.26. The molecule has 32 heavy (non-hydrogen) atoms. The Labute approximate surface area is 187 Å². The first-order chi connectivity index (χ1) is 14.6. The van der Waals surface area contributed by atoms with Gasteiger partial charge >= 0.3 is 0 Å². The van der Waals surface area contributed by atoms with E-state index in [2.05, 4.69) is 0 Å². The van der Waals surface area contributed by atoms with Crippen molar-refractivity contribution in [1.29, 1.82) is 0 Å². The summed E-state index contributed by atoms with van der Waals surface area (Å²) in [4.78, 5) is -0.505. The highest BCUT2D eigenvalue weighted by Gasteiger charge is 2.13. The van der Waals surface area contributed by atoms with Crippen LogP contribution in [-0.4, -0.2) is 32.0 Å². The van der Waals surface area contributed by atoms with E-state index in [0.717, 1.165) is 18.2 Å². The van der Waals surface area contributed by atoms with Gasteiger partial charge in [-0.15, -0.1) is 0 Å². The molecule has 0 aliphatic heterocycles. The fourth-order valence-corrected chi connectivity index (χ4v) is 3.42. The molecular weight excluding hydrogens is 458 g/mol. The predicted molar refractivity (Wildman–Crippen MR) is 124 cm³/mol. The van der Waals surface area contributed by atoms with Crippen LogP contribution in [0.4, 0.5) is 17.1 Å². The van der Waals surface area contributed by atoms with Crippen LogP contribution >= 0.6 is 0 Å². The van der Waals surface area contributed by atoms with Crippen LogP contribution in [0.1, 0.15) is 13.3 Å². The smallest absolute Gasteiger partial charge is 0.296 e. The van der Waals surface area contributed by atoms with Gasteiger partial charge in [0, 0.05) is 23.1 Å². The molecule has 0 bridgehead atoms. The summed E-state index contributed by atoms with van der Waals surface area (Å²) in [6.45, 7) is 2.00. The van der Waals surface area contributed by atoms with Crippen LogP contribution in [0.2, 0.25) is 0 Å². The van der Waals surface area contributed by atoms with Crippen molar-refractivity contribution in [1.82, 2.24) is 0 Å². The van der Waals surface area contributed by atoms with Gasteiger partial charge in [0.25, 0.3) is 20.2 Å². The molecule has 1 atom stereocenters. The Balaban J connectivity index is 0.000000242. The number of nitrogens with two attached hydrogens (primary N) is 5. The second-order valence-electron chi connectivity index (χ2n) is 6.75. The first kappa shape index (κ1) is 26.9. The molecule has 1 unspecified atom stereocenters. The first-order valence-corrected chi connectivity index (χ1v) is 11.8. The van der Waals surface area contributed by atoms with Crippen molar-refractivity contribution in [2.75, 3.05) is 17.2 Å². The van der Waals surface area contributed by atoms with Gasteiger partial charge in [0.15, 0.2) is 0 Å². The third kappa shape index (κ3) is 8.95. The average Bonchev–Trinajstić information content (AvgIpc) is 2.67. The topological polar surface area (TPSA) is 239 Å². The van der Waals surface area contributed by atoms with Crippen LogP contribution < -0.4 is 28.7 Å². The standard InChI is InChI=1S/C7H12N2.C6H8N2O3S.C6H7NO3S/c1-5-4-6(8)2-3-7(5)9;7-4-1-2-5(8)6(3-4)12(9,10)11;7-5-1-3-6(4-2-5)11(8,9)10/h2,4,7H,3,8-9H2,1H3;1-3H,7-8H2,(H,9,10,11);1-4H,7H2,(H,8,9,10). The van der Waals surface area contributed by atoms with Gasteiger partial charge in [-0.25, -0.2) is 0 Å². The third-order valence-electron chi connectivity index (χ3n) is 4.08. The quantitative estimate of drug-likeness (QED) is 0.235. The second kappa shape index (κ2) is 11.0. The molecule has 0 radical (unpaired) electrons. The molecular formula is C19H27N5O6S2. The zero-order valence-electron chi connectivity index (χ0n) is 17.2. The summed E-state index contributed by atoms with van der Waals surface area (Å²) in [5.41, 5.74) is 29.7. The number of allylic oxidation sites excluding steroid dienone is 1. The van der Waals surface area contributed by atoms with Crippen LogP contribution in [0, 0.1) is 0 Å². The van der Waals surface area contributed by atoms with E-state index in [0.29, 0.717) is 5.69 Å². The van der Waals surface area contributed by atoms with Crippen LogP contribution in [0.25, 0.3) is 0 Å². The first-order valence-electron chi connectivity index (χ1n) is 8.96. The predicted octanol–water partition coefficient (Wildman–Crippen LogP) is 1.12. The minimum absolute atomic E-state index is 0.0216. The van der Waals surface area contributed by atoms with E-state index in [4.69, 9.17) is 37.8 Å². The molecule has 0 spiro atoms. The van der Waals surface area contributed by atoms with Gasteiger partial charge in [0.05, 0.1) is 10.6 Å². The molecule has 13 heteroatoms. The van der Waals surface area contributed by atoms with E-state index in [-0.39, 0.29) is 27.2 Å². The monoisotopic (exact) mass is 485 g/mol. The van der Waals surface area contributed by atoms with E-state index in [1.54, 1.807) is 0 Å². The summed E-state index contributed by atoms with van der Waals surface area (Å²) in [6, 6.07) is 9.35. The number of benzene rings is 2. The molecule has 0 amide bonds. The molecule has 0 saturated heterocycles. The largest absolute Gasteiger partial charge is 0.399 e. The summed E-state index contributed by atoms with van der Waals surface area (Å²) in [5.74, 6) is 0. The summed E-state index contributed by atoms with van der Waals surface area (Å²) < 4.78 is 59.3. The lowest BCUT2D eigenvalue weighted by Gasteiger charge is -2.14. The Morgan fingerprint density at radius 3 is 1.78 bits per heavy atom. The number of anilines is 3. The summed E-state index contributed by atoms with van der Waals surface area (Å²) in [7, 11) is -8.34. The molecule has 0 saturated carbocycles. The fraction of sp³-hybridized carbons (Fsp3) is 0.158. The zero-order chi connectivity index (χ0) is 24.7. The normalized spacial score (nSPS) is 15.8. The van der Waals surface area contributed by atoms with Crippen LogP contribution in [0.3, 0.4) is 0 Å². The lowest BCUT2D eigenvalue weighted by atomic mass is 10.0. The maximum Gasteiger partial charge on any atom is 0.296 e. The van der Waals surface area contributed by atoms with Crippen molar-refractivity contribution in [3.05, 3.63) is 65.9 Å². The molecule has 0 heterocycles. The molecule has 0 fully saturated rings. The highest BCUT2D eigenvalue weighted by atomic mass is 32.2. The van der Waals surface area contributed by atoms with Gasteiger partial charge in [0.1, 0.15) is 4.90 Å². The summed E-state index contributed by atoms with van der Waals surface area (Å²) in [5, 5.41) is 0. The molecule has 3 rings (SSSR count). The van der Waals surface area contributed by atoms with Gasteiger partial charge in [0.2, 0.25) is 0 Å². The Hall–Kier alpha value is -3.10. The maximum atomic E-state index is 10.6.